The fourth-order valence-electron chi connectivity index (χ4n) is 1.36. The van der Waals surface area contributed by atoms with Crippen LogP contribution in [0.15, 0.2) is 0 Å². The van der Waals surface area contributed by atoms with Crippen LogP contribution in [0, 0.1) is 11.8 Å². The summed E-state index contributed by atoms with van der Waals surface area (Å²) in [5.74, 6) is -2.75. The maximum Gasteiger partial charge on any atom is 0.321 e. The predicted molar refractivity (Wildman–Crippen MR) is 59.8 cm³/mol. The van der Waals surface area contributed by atoms with Gasteiger partial charge in [-0.3, -0.25) is 9.59 Å². The Bertz CT molecular complexity index is 268. The summed E-state index contributed by atoms with van der Waals surface area (Å²) in [5.41, 5.74) is 4.84. The van der Waals surface area contributed by atoms with E-state index in [9.17, 15) is 9.59 Å². The molecule has 0 fully saturated rings. The van der Waals surface area contributed by atoms with Gasteiger partial charge in [0.25, 0.3) is 0 Å². The van der Waals surface area contributed by atoms with Crippen molar-refractivity contribution in [3.05, 3.63) is 0 Å². The molecule has 0 spiro atoms. The maximum absolute atomic E-state index is 11.8. The second-order valence-corrected chi connectivity index (χ2v) is 5.17. The van der Waals surface area contributed by atoms with Crippen LogP contribution in [0.5, 0.6) is 0 Å². The molecular weight excluding hydrogens is 210 g/mol. The average molecular weight is 231 g/mol. The van der Waals surface area contributed by atoms with Crippen molar-refractivity contribution in [3.63, 3.8) is 0 Å². The lowest BCUT2D eigenvalue weighted by Crippen LogP contribution is -2.46. The van der Waals surface area contributed by atoms with Gasteiger partial charge in [-0.05, 0) is 26.7 Å². The predicted octanol–water partition coefficient (Wildman–Crippen LogP) is 1.01. The first-order valence-corrected chi connectivity index (χ1v) is 5.27. The van der Waals surface area contributed by atoms with Crippen LogP contribution in [-0.4, -0.2) is 28.7 Å². The van der Waals surface area contributed by atoms with Crippen molar-refractivity contribution in [2.45, 2.75) is 46.3 Å². The fourth-order valence-corrected chi connectivity index (χ4v) is 1.36. The lowest BCUT2D eigenvalue weighted by atomic mass is 9.89. The molecule has 5 heteroatoms. The first-order valence-electron chi connectivity index (χ1n) is 5.27. The number of nitrogens with two attached hydrogens (primary N) is 1. The molecule has 0 radical (unpaired) electrons. The molecule has 0 saturated carbocycles. The Hall–Kier alpha value is -1.10. The SMILES string of the molecule is CC(C)C(C(=O)OC(C)(C)C)[C@H](N)C(=O)O. The van der Waals surface area contributed by atoms with Gasteiger partial charge in [0.2, 0.25) is 0 Å². The second kappa shape index (κ2) is 5.30. The molecule has 0 aliphatic carbocycles. The first-order chi connectivity index (χ1) is 7.06. The highest BCUT2D eigenvalue weighted by molar-refractivity contribution is 5.83. The molecule has 2 atom stereocenters. The van der Waals surface area contributed by atoms with Crippen LogP contribution in [-0.2, 0) is 14.3 Å². The van der Waals surface area contributed by atoms with E-state index in [0.717, 1.165) is 0 Å². The van der Waals surface area contributed by atoms with Gasteiger partial charge >= 0.3 is 11.9 Å². The molecule has 0 aliphatic rings. The molecule has 0 aromatic rings. The van der Waals surface area contributed by atoms with Crippen LogP contribution >= 0.6 is 0 Å². The summed E-state index contributed by atoms with van der Waals surface area (Å²) in [5, 5.41) is 8.82. The molecule has 0 bridgehead atoms. The number of hydrogen-bond donors (Lipinski definition) is 2. The van der Waals surface area contributed by atoms with Gasteiger partial charge in [-0.2, -0.15) is 0 Å². The minimum atomic E-state index is -1.23. The molecule has 0 heterocycles. The highest BCUT2D eigenvalue weighted by atomic mass is 16.6. The molecule has 0 aromatic carbocycles. The van der Waals surface area contributed by atoms with Gasteiger partial charge in [-0.15, -0.1) is 0 Å². The van der Waals surface area contributed by atoms with Gasteiger partial charge < -0.3 is 15.6 Å². The largest absolute Gasteiger partial charge is 0.480 e. The number of carboxylic acid groups (broad SMARTS) is 1. The summed E-state index contributed by atoms with van der Waals surface area (Å²) in [6.07, 6.45) is 0. The van der Waals surface area contributed by atoms with Crippen molar-refractivity contribution in [1.29, 1.82) is 0 Å². The molecule has 0 aliphatic heterocycles. The maximum atomic E-state index is 11.8. The van der Waals surface area contributed by atoms with Crippen molar-refractivity contribution < 1.29 is 19.4 Å². The highest BCUT2D eigenvalue weighted by Crippen LogP contribution is 2.20. The normalized spacial score (nSPS) is 15.7. The van der Waals surface area contributed by atoms with E-state index in [1.807, 2.05) is 0 Å². The molecule has 0 rings (SSSR count). The Morgan fingerprint density at radius 2 is 1.69 bits per heavy atom. The molecule has 0 saturated heterocycles. The van der Waals surface area contributed by atoms with Gasteiger partial charge in [-0.1, -0.05) is 13.8 Å². The van der Waals surface area contributed by atoms with Crippen LogP contribution in [0.2, 0.25) is 0 Å². The Balaban J connectivity index is 4.80. The van der Waals surface area contributed by atoms with Crippen LogP contribution in [0.25, 0.3) is 0 Å². The summed E-state index contributed by atoms with van der Waals surface area (Å²) in [7, 11) is 0. The van der Waals surface area contributed by atoms with Gasteiger partial charge in [0.15, 0.2) is 0 Å². The minimum Gasteiger partial charge on any atom is -0.480 e. The van der Waals surface area contributed by atoms with E-state index in [2.05, 4.69) is 0 Å². The zero-order valence-corrected chi connectivity index (χ0v) is 10.5. The highest BCUT2D eigenvalue weighted by Gasteiger charge is 2.36. The molecule has 3 N–H and O–H groups in total. The van der Waals surface area contributed by atoms with Crippen molar-refractivity contribution >= 4 is 11.9 Å². The van der Waals surface area contributed by atoms with Gasteiger partial charge in [-0.25, -0.2) is 0 Å². The van der Waals surface area contributed by atoms with Crippen molar-refractivity contribution in [2.75, 3.05) is 0 Å². The smallest absolute Gasteiger partial charge is 0.321 e. The van der Waals surface area contributed by atoms with Crippen molar-refractivity contribution in [2.24, 2.45) is 17.6 Å². The van der Waals surface area contributed by atoms with Crippen LogP contribution in [0.4, 0.5) is 0 Å². The van der Waals surface area contributed by atoms with E-state index < -0.39 is 29.5 Å². The van der Waals surface area contributed by atoms with E-state index in [-0.39, 0.29) is 5.92 Å². The standard InChI is InChI=1S/C11H21NO4/c1-6(2)7(8(12)9(13)14)10(15)16-11(3,4)5/h6-8H,12H2,1-5H3,(H,13,14)/t7?,8-/m0/s1. The van der Waals surface area contributed by atoms with E-state index in [4.69, 9.17) is 15.6 Å². The monoisotopic (exact) mass is 231 g/mol. The van der Waals surface area contributed by atoms with Gasteiger partial charge in [0, 0.05) is 0 Å². The van der Waals surface area contributed by atoms with Gasteiger partial charge in [0.05, 0.1) is 5.92 Å². The number of esters is 1. The summed E-state index contributed by atoms with van der Waals surface area (Å²) in [4.78, 5) is 22.6. The number of hydrogen-bond acceptors (Lipinski definition) is 4. The van der Waals surface area contributed by atoms with Crippen LogP contribution < -0.4 is 5.73 Å². The lowest BCUT2D eigenvalue weighted by molar-refractivity contribution is -0.165. The van der Waals surface area contributed by atoms with Crippen LogP contribution in [0.3, 0.4) is 0 Å². The van der Waals surface area contributed by atoms with Crippen molar-refractivity contribution in [1.82, 2.24) is 0 Å². The molecule has 0 aromatic heterocycles. The minimum absolute atomic E-state index is 0.180. The summed E-state index contributed by atoms with van der Waals surface area (Å²) < 4.78 is 5.15. The third kappa shape index (κ3) is 4.61. The zero-order chi connectivity index (χ0) is 13.1. The topological polar surface area (TPSA) is 89.6 Å². The van der Waals surface area contributed by atoms with E-state index in [1.54, 1.807) is 34.6 Å². The Morgan fingerprint density at radius 3 is 1.94 bits per heavy atom. The van der Waals surface area contributed by atoms with Crippen molar-refractivity contribution in [3.8, 4) is 0 Å². The number of carbonyl (C=O) groups is 2. The molecule has 5 nitrogen and oxygen atoms in total. The van der Waals surface area contributed by atoms with E-state index >= 15 is 0 Å². The van der Waals surface area contributed by atoms with E-state index in [1.165, 1.54) is 0 Å². The Kier molecular flexibility index (Phi) is 4.93. The van der Waals surface area contributed by atoms with E-state index in [0.29, 0.717) is 0 Å². The zero-order valence-electron chi connectivity index (χ0n) is 10.5. The fraction of sp³-hybridized carbons (Fsp3) is 0.818. The molecule has 0 amide bonds. The third-order valence-electron chi connectivity index (χ3n) is 2.07. The summed E-state index contributed by atoms with van der Waals surface area (Å²) in [6.45, 7) is 8.69. The summed E-state index contributed by atoms with van der Waals surface area (Å²) >= 11 is 0. The molecular formula is C11H21NO4. The Morgan fingerprint density at radius 1 is 1.25 bits per heavy atom. The first kappa shape index (κ1) is 14.9. The number of carbonyl (C=O) groups excluding carboxylic acids is 1. The lowest BCUT2D eigenvalue weighted by Gasteiger charge is -2.27. The number of ether oxygens (including phenoxy) is 1. The van der Waals surface area contributed by atoms with Gasteiger partial charge in [0.1, 0.15) is 11.6 Å². The number of carboxylic acids is 1. The Labute approximate surface area is 96.0 Å². The van der Waals surface area contributed by atoms with Crippen LogP contribution in [0.1, 0.15) is 34.6 Å². The molecule has 16 heavy (non-hydrogen) atoms. The average Bonchev–Trinajstić information content (AvgIpc) is 1.99. The molecule has 1 unspecified atom stereocenters. The molecule has 94 valence electrons. The number of aliphatic carboxylic acids is 1. The third-order valence-corrected chi connectivity index (χ3v) is 2.07. The number of rotatable bonds is 4. The summed E-state index contributed by atoms with van der Waals surface area (Å²) in [6, 6.07) is -1.23. The quantitative estimate of drug-likeness (QED) is 0.705. The second-order valence-electron chi connectivity index (χ2n) is 5.17.